The summed E-state index contributed by atoms with van der Waals surface area (Å²) in [6.07, 6.45) is 0. The number of amides is 2. The molecule has 0 N–H and O–H groups in total. The first-order chi connectivity index (χ1) is 11.0. The molecule has 126 valence electrons. The molecule has 2 amide bonds. The third-order valence-electron chi connectivity index (χ3n) is 4.54. The summed E-state index contributed by atoms with van der Waals surface area (Å²) < 4.78 is 9.92. The van der Waals surface area contributed by atoms with E-state index in [0.29, 0.717) is 13.1 Å². The highest BCUT2D eigenvalue weighted by atomic mass is 16.5. The zero-order chi connectivity index (χ0) is 16.6. The van der Waals surface area contributed by atoms with Gasteiger partial charge < -0.3 is 24.0 Å². The molecule has 0 aliphatic carbocycles. The van der Waals surface area contributed by atoms with Crippen molar-refractivity contribution in [2.75, 3.05) is 53.9 Å². The second-order valence-electron chi connectivity index (χ2n) is 6.40. The second-order valence-corrected chi connectivity index (χ2v) is 6.40. The maximum Gasteiger partial charge on any atom is 0.292 e. The van der Waals surface area contributed by atoms with Crippen LogP contribution in [0.5, 0.6) is 5.88 Å². The maximum atomic E-state index is 12.5. The Balaban J connectivity index is 1.60. The third kappa shape index (κ3) is 3.03. The third-order valence-corrected chi connectivity index (χ3v) is 4.54. The lowest BCUT2D eigenvalue weighted by Gasteiger charge is -2.22. The number of likely N-dealkylation sites (tertiary alicyclic amines) is 2. The number of rotatable bonds is 5. The van der Waals surface area contributed by atoms with Crippen LogP contribution >= 0.6 is 0 Å². The lowest BCUT2D eigenvalue weighted by atomic mass is 10.0. The monoisotopic (exact) mass is 322 g/mol. The molecular weight excluding hydrogens is 300 g/mol. The zero-order valence-electron chi connectivity index (χ0n) is 13.7. The number of aromatic nitrogens is 1. The number of likely N-dealkylation sites (N-methyl/N-ethyl adjacent to an activating group) is 1. The molecule has 2 aliphatic heterocycles. The quantitative estimate of drug-likeness (QED) is 0.745. The number of nitrogens with zero attached hydrogens (tertiary/aromatic N) is 4. The first-order valence-corrected chi connectivity index (χ1v) is 7.73. The Morgan fingerprint density at radius 3 is 2.83 bits per heavy atom. The number of methoxy groups -OCH3 is 1. The molecule has 0 saturated carbocycles. The lowest BCUT2D eigenvalue weighted by molar-refractivity contribution is -0.131. The number of hydrogen-bond donors (Lipinski definition) is 0. The molecule has 0 aromatic carbocycles. The average Bonchev–Trinajstić information content (AvgIpc) is 3.21. The molecule has 23 heavy (non-hydrogen) atoms. The predicted molar refractivity (Wildman–Crippen MR) is 81.1 cm³/mol. The molecule has 2 aliphatic rings. The van der Waals surface area contributed by atoms with E-state index in [-0.39, 0.29) is 35.3 Å². The summed E-state index contributed by atoms with van der Waals surface area (Å²) in [7, 11) is 5.45. The minimum absolute atomic E-state index is 0.0917. The van der Waals surface area contributed by atoms with E-state index in [2.05, 4.69) is 10.1 Å². The highest BCUT2D eigenvalue weighted by Gasteiger charge is 2.47. The number of carbonyl (C=O) groups excluding carboxylic acids is 2. The van der Waals surface area contributed by atoms with Crippen LogP contribution in [-0.2, 0) is 4.79 Å². The van der Waals surface area contributed by atoms with Gasteiger partial charge in [-0.15, -0.1) is 0 Å². The molecule has 0 bridgehead atoms. The predicted octanol–water partition coefficient (Wildman–Crippen LogP) is -0.225. The number of ether oxygens (including phenoxy) is 1. The van der Waals surface area contributed by atoms with Crippen LogP contribution in [0, 0.1) is 11.8 Å². The van der Waals surface area contributed by atoms with Crippen molar-refractivity contribution in [2.45, 2.75) is 0 Å². The summed E-state index contributed by atoms with van der Waals surface area (Å²) in [6, 6.07) is 1.47. The maximum absolute atomic E-state index is 12.5. The van der Waals surface area contributed by atoms with E-state index < -0.39 is 0 Å². The SMILES string of the molecule is COc1cc(C(=O)N2CC3CN(CCN(C)C)C(=O)C3C2)on1. The largest absolute Gasteiger partial charge is 0.479 e. The Morgan fingerprint density at radius 2 is 2.22 bits per heavy atom. The van der Waals surface area contributed by atoms with E-state index in [4.69, 9.17) is 9.26 Å². The molecule has 2 atom stereocenters. The molecule has 8 heteroatoms. The van der Waals surface area contributed by atoms with Crippen molar-refractivity contribution in [3.63, 3.8) is 0 Å². The number of fused-ring (bicyclic) bond motifs is 1. The molecule has 3 heterocycles. The van der Waals surface area contributed by atoms with Gasteiger partial charge in [0.2, 0.25) is 11.7 Å². The van der Waals surface area contributed by atoms with Crippen LogP contribution in [0.3, 0.4) is 0 Å². The molecule has 1 aromatic heterocycles. The first-order valence-electron chi connectivity index (χ1n) is 7.73. The van der Waals surface area contributed by atoms with E-state index >= 15 is 0 Å². The van der Waals surface area contributed by atoms with Crippen molar-refractivity contribution in [1.29, 1.82) is 0 Å². The highest BCUT2D eigenvalue weighted by Crippen LogP contribution is 2.33. The van der Waals surface area contributed by atoms with Crippen molar-refractivity contribution in [1.82, 2.24) is 19.9 Å². The van der Waals surface area contributed by atoms with Gasteiger partial charge in [-0.25, -0.2) is 0 Å². The van der Waals surface area contributed by atoms with Crippen LogP contribution in [-0.4, -0.2) is 85.6 Å². The van der Waals surface area contributed by atoms with Gasteiger partial charge >= 0.3 is 0 Å². The van der Waals surface area contributed by atoms with Crippen LogP contribution < -0.4 is 4.74 Å². The standard InChI is InChI=1S/C15H22N4O4/c1-17(2)4-5-18-7-10-8-19(9-11(10)14(18)20)15(21)12-6-13(22-3)16-23-12/h6,10-11H,4-5,7-9H2,1-3H3. The highest BCUT2D eigenvalue weighted by molar-refractivity contribution is 5.93. The Kier molecular flexibility index (Phi) is 4.25. The molecule has 0 spiro atoms. The summed E-state index contributed by atoms with van der Waals surface area (Å²) in [5.74, 6) is 0.465. The topological polar surface area (TPSA) is 79.1 Å². The zero-order valence-corrected chi connectivity index (χ0v) is 13.7. The first kappa shape index (κ1) is 15.8. The lowest BCUT2D eigenvalue weighted by Crippen LogP contribution is -2.38. The summed E-state index contributed by atoms with van der Waals surface area (Å²) in [6.45, 7) is 3.35. The van der Waals surface area contributed by atoms with Gasteiger partial charge in [0.25, 0.3) is 11.8 Å². The Bertz CT molecular complexity index is 600. The van der Waals surface area contributed by atoms with Crippen molar-refractivity contribution in [2.24, 2.45) is 11.8 Å². The van der Waals surface area contributed by atoms with Crippen molar-refractivity contribution >= 4 is 11.8 Å². The van der Waals surface area contributed by atoms with Gasteiger partial charge in [-0.2, -0.15) is 0 Å². The van der Waals surface area contributed by atoms with Gasteiger partial charge in [0.1, 0.15) is 0 Å². The molecule has 3 rings (SSSR count). The Labute approximate surface area is 134 Å². The Morgan fingerprint density at radius 1 is 1.43 bits per heavy atom. The van der Waals surface area contributed by atoms with E-state index in [0.717, 1.165) is 19.6 Å². The Hall–Kier alpha value is -2.09. The molecule has 8 nitrogen and oxygen atoms in total. The van der Waals surface area contributed by atoms with E-state index in [1.165, 1.54) is 13.2 Å². The van der Waals surface area contributed by atoms with E-state index in [9.17, 15) is 9.59 Å². The fraction of sp³-hybridized carbons (Fsp3) is 0.667. The minimum atomic E-state index is -0.233. The van der Waals surface area contributed by atoms with Crippen LogP contribution in [0.15, 0.2) is 10.6 Å². The van der Waals surface area contributed by atoms with Crippen molar-refractivity contribution < 1.29 is 18.8 Å². The van der Waals surface area contributed by atoms with Crippen molar-refractivity contribution in [3.05, 3.63) is 11.8 Å². The molecule has 2 fully saturated rings. The van der Waals surface area contributed by atoms with Gasteiger partial charge in [0.05, 0.1) is 19.1 Å². The van der Waals surface area contributed by atoms with Gasteiger partial charge in [0, 0.05) is 38.6 Å². The molecular formula is C15H22N4O4. The van der Waals surface area contributed by atoms with Crippen LogP contribution in [0.1, 0.15) is 10.6 Å². The molecule has 2 unspecified atom stereocenters. The van der Waals surface area contributed by atoms with Crippen LogP contribution in [0.25, 0.3) is 0 Å². The van der Waals surface area contributed by atoms with Gasteiger partial charge in [0.15, 0.2) is 0 Å². The summed E-state index contributed by atoms with van der Waals surface area (Å²) >= 11 is 0. The normalized spacial score (nSPS) is 23.7. The molecule has 1 aromatic rings. The average molecular weight is 322 g/mol. The van der Waals surface area contributed by atoms with E-state index in [1.807, 2.05) is 19.0 Å². The minimum Gasteiger partial charge on any atom is -0.479 e. The fourth-order valence-electron chi connectivity index (χ4n) is 3.24. The van der Waals surface area contributed by atoms with Gasteiger partial charge in [-0.1, -0.05) is 0 Å². The van der Waals surface area contributed by atoms with Crippen LogP contribution in [0.4, 0.5) is 0 Å². The van der Waals surface area contributed by atoms with Crippen LogP contribution in [0.2, 0.25) is 0 Å². The smallest absolute Gasteiger partial charge is 0.292 e. The summed E-state index contributed by atoms with van der Waals surface area (Å²) in [5, 5.41) is 3.64. The molecule has 2 saturated heterocycles. The summed E-state index contributed by atoms with van der Waals surface area (Å²) in [5.41, 5.74) is 0. The van der Waals surface area contributed by atoms with Gasteiger partial charge in [-0.05, 0) is 19.3 Å². The van der Waals surface area contributed by atoms with E-state index in [1.54, 1.807) is 4.90 Å². The fourth-order valence-corrected chi connectivity index (χ4v) is 3.24. The number of carbonyl (C=O) groups is 2. The number of hydrogen-bond acceptors (Lipinski definition) is 6. The summed E-state index contributed by atoms with van der Waals surface area (Å²) in [4.78, 5) is 30.5. The second kappa shape index (κ2) is 6.19. The molecule has 0 radical (unpaired) electrons. The van der Waals surface area contributed by atoms with Gasteiger partial charge in [-0.3, -0.25) is 9.59 Å². The van der Waals surface area contributed by atoms with Crippen molar-refractivity contribution in [3.8, 4) is 5.88 Å².